The number of hydrogen-bond donors (Lipinski definition) is 1. The highest BCUT2D eigenvalue weighted by atomic mass is 19.1. The van der Waals surface area contributed by atoms with Gasteiger partial charge in [-0.25, -0.2) is 4.39 Å². The van der Waals surface area contributed by atoms with Crippen LogP contribution in [0.1, 0.15) is 45.1 Å². The molecule has 1 N–H and O–H groups in total. The smallest absolute Gasteiger partial charge is 0.123 e. The van der Waals surface area contributed by atoms with E-state index in [1.165, 1.54) is 37.8 Å². The van der Waals surface area contributed by atoms with E-state index in [4.69, 9.17) is 0 Å². The van der Waals surface area contributed by atoms with Crippen LogP contribution in [0.15, 0.2) is 24.3 Å². The van der Waals surface area contributed by atoms with Crippen LogP contribution in [0, 0.1) is 11.2 Å². The Morgan fingerprint density at radius 2 is 2.00 bits per heavy atom. The van der Waals surface area contributed by atoms with E-state index in [1.54, 1.807) is 0 Å². The minimum atomic E-state index is -0.160. The van der Waals surface area contributed by atoms with Crippen LogP contribution in [-0.4, -0.2) is 6.04 Å². The second-order valence-corrected chi connectivity index (χ2v) is 5.96. The highest BCUT2D eigenvalue weighted by molar-refractivity contribution is 5.15. The summed E-state index contributed by atoms with van der Waals surface area (Å²) in [6.07, 6.45) is 5.16. The Hall–Kier alpha value is -0.890. The maximum absolute atomic E-state index is 12.8. The molecule has 0 saturated heterocycles. The normalized spacial score (nSPS) is 23.6. The van der Waals surface area contributed by atoms with Crippen LogP contribution in [0.2, 0.25) is 0 Å². The van der Waals surface area contributed by atoms with Crippen molar-refractivity contribution in [1.82, 2.24) is 5.32 Å². The summed E-state index contributed by atoms with van der Waals surface area (Å²) in [5, 5.41) is 3.59. The highest BCUT2D eigenvalue weighted by Gasteiger charge is 2.27. The van der Waals surface area contributed by atoms with E-state index in [9.17, 15) is 4.39 Å². The van der Waals surface area contributed by atoms with Crippen molar-refractivity contribution in [1.29, 1.82) is 0 Å². The molecule has 1 fully saturated rings. The maximum Gasteiger partial charge on any atom is 0.123 e. The van der Waals surface area contributed by atoms with E-state index in [0.29, 0.717) is 11.5 Å². The van der Waals surface area contributed by atoms with Crippen molar-refractivity contribution in [2.45, 2.75) is 52.1 Å². The molecule has 0 heterocycles. The van der Waals surface area contributed by atoms with Gasteiger partial charge < -0.3 is 5.32 Å². The molecule has 1 aromatic carbocycles. The quantitative estimate of drug-likeness (QED) is 0.838. The Labute approximate surface area is 103 Å². The number of halogens is 1. The fourth-order valence-electron chi connectivity index (χ4n) is 2.74. The van der Waals surface area contributed by atoms with Gasteiger partial charge in [-0.05, 0) is 42.4 Å². The van der Waals surface area contributed by atoms with Crippen LogP contribution in [0.3, 0.4) is 0 Å². The van der Waals surface area contributed by atoms with Gasteiger partial charge in [-0.15, -0.1) is 0 Å². The molecule has 1 nitrogen and oxygen atoms in total. The monoisotopic (exact) mass is 235 g/mol. The standard InChI is InChI=1S/C15H22FN/c1-15(2)9-3-4-14(10-15)17-11-12-5-7-13(16)8-6-12/h5-8,14,17H,3-4,9-11H2,1-2H3. The molecule has 2 heteroatoms. The fraction of sp³-hybridized carbons (Fsp3) is 0.600. The molecule has 17 heavy (non-hydrogen) atoms. The molecule has 1 atom stereocenters. The van der Waals surface area contributed by atoms with Gasteiger partial charge in [-0.2, -0.15) is 0 Å². The molecule has 0 spiro atoms. The summed E-state index contributed by atoms with van der Waals surface area (Å²) in [5.74, 6) is -0.160. The van der Waals surface area contributed by atoms with Gasteiger partial charge in [0.1, 0.15) is 5.82 Å². The van der Waals surface area contributed by atoms with Crippen LogP contribution in [0.5, 0.6) is 0 Å². The van der Waals surface area contributed by atoms with Gasteiger partial charge in [0.2, 0.25) is 0 Å². The van der Waals surface area contributed by atoms with Crippen molar-refractivity contribution >= 4 is 0 Å². The highest BCUT2D eigenvalue weighted by Crippen LogP contribution is 2.35. The van der Waals surface area contributed by atoms with Gasteiger partial charge >= 0.3 is 0 Å². The lowest BCUT2D eigenvalue weighted by Gasteiger charge is -2.35. The molecular weight excluding hydrogens is 213 g/mol. The van der Waals surface area contributed by atoms with Gasteiger partial charge in [-0.3, -0.25) is 0 Å². The second-order valence-electron chi connectivity index (χ2n) is 5.96. The van der Waals surface area contributed by atoms with Crippen LogP contribution in [0.25, 0.3) is 0 Å². The Morgan fingerprint density at radius 3 is 2.65 bits per heavy atom. The molecule has 1 saturated carbocycles. The minimum absolute atomic E-state index is 0.160. The van der Waals surface area contributed by atoms with Crippen molar-refractivity contribution in [3.8, 4) is 0 Å². The van der Waals surface area contributed by atoms with Crippen LogP contribution in [-0.2, 0) is 6.54 Å². The van der Waals surface area contributed by atoms with E-state index in [1.807, 2.05) is 12.1 Å². The molecule has 1 aliphatic rings. The average molecular weight is 235 g/mol. The zero-order chi connectivity index (χ0) is 12.3. The molecule has 0 amide bonds. The van der Waals surface area contributed by atoms with Gasteiger partial charge in [0.15, 0.2) is 0 Å². The topological polar surface area (TPSA) is 12.0 Å². The third-order valence-electron chi connectivity index (χ3n) is 3.71. The third-order valence-corrected chi connectivity index (χ3v) is 3.71. The summed E-state index contributed by atoms with van der Waals surface area (Å²) in [7, 11) is 0. The fourth-order valence-corrected chi connectivity index (χ4v) is 2.74. The number of rotatable bonds is 3. The summed E-state index contributed by atoms with van der Waals surface area (Å²) in [5.41, 5.74) is 1.63. The lowest BCUT2D eigenvalue weighted by molar-refractivity contribution is 0.198. The SMILES string of the molecule is CC1(C)CCCC(NCc2ccc(F)cc2)C1. The molecule has 1 aromatic rings. The van der Waals surface area contributed by atoms with Crippen molar-refractivity contribution in [2.75, 3.05) is 0 Å². The van der Waals surface area contributed by atoms with Gasteiger partial charge in [-0.1, -0.05) is 32.4 Å². The predicted octanol–water partition coefficient (Wildman–Crippen LogP) is 3.88. The first kappa shape index (κ1) is 12.6. The molecule has 1 unspecified atom stereocenters. The molecule has 0 radical (unpaired) electrons. The lowest BCUT2D eigenvalue weighted by Crippen LogP contribution is -2.36. The first-order valence-electron chi connectivity index (χ1n) is 6.53. The van der Waals surface area contributed by atoms with Gasteiger partial charge in [0.05, 0.1) is 0 Å². The van der Waals surface area contributed by atoms with Crippen LogP contribution >= 0.6 is 0 Å². The molecule has 0 bridgehead atoms. The summed E-state index contributed by atoms with van der Waals surface area (Å²) in [4.78, 5) is 0. The van der Waals surface area contributed by atoms with Crippen LogP contribution in [0.4, 0.5) is 4.39 Å². The average Bonchev–Trinajstić information content (AvgIpc) is 2.27. The van der Waals surface area contributed by atoms with E-state index < -0.39 is 0 Å². The zero-order valence-corrected chi connectivity index (χ0v) is 10.8. The van der Waals surface area contributed by atoms with E-state index >= 15 is 0 Å². The molecule has 2 rings (SSSR count). The second kappa shape index (κ2) is 5.18. The summed E-state index contributed by atoms with van der Waals surface area (Å²) in [6, 6.07) is 7.39. The van der Waals surface area contributed by atoms with E-state index in [2.05, 4.69) is 19.2 Å². The van der Waals surface area contributed by atoms with E-state index in [-0.39, 0.29) is 5.82 Å². The first-order valence-corrected chi connectivity index (χ1v) is 6.53. The third kappa shape index (κ3) is 3.81. The molecular formula is C15H22FN. The summed E-state index contributed by atoms with van der Waals surface area (Å²) < 4.78 is 12.8. The lowest BCUT2D eigenvalue weighted by atomic mass is 9.75. The molecule has 0 aromatic heterocycles. The minimum Gasteiger partial charge on any atom is -0.310 e. The Morgan fingerprint density at radius 1 is 1.29 bits per heavy atom. The largest absolute Gasteiger partial charge is 0.310 e. The Bertz CT molecular complexity index is 356. The van der Waals surface area contributed by atoms with Gasteiger partial charge in [0.25, 0.3) is 0 Å². The Kier molecular flexibility index (Phi) is 3.82. The Balaban J connectivity index is 1.84. The number of hydrogen-bond acceptors (Lipinski definition) is 1. The first-order chi connectivity index (χ1) is 8.05. The van der Waals surface area contributed by atoms with Crippen molar-refractivity contribution in [3.05, 3.63) is 35.6 Å². The van der Waals surface area contributed by atoms with E-state index in [0.717, 1.165) is 12.1 Å². The zero-order valence-electron chi connectivity index (χ0n) is 10.8. The molecule has 94 valence electrons. The van der Waals surface area contributed by atoms with Crippen LogP contribution < -0.4 is 5.32 Å². The number of nitrogens with one attached hydrogen (secondary N) is 1. The van der Waals surface area contributed by atoms with Crippen molar-refractivity contribution in [3.63, 3.8) is 0 Å². The van der Waals surface area contributed by atoms with Crippen molar-refractivity contribution < 1.29 is 4.39 Å². The number of benzene rings is 1. The molecule has 0 aliphatic heterocycles. The molecule has 1 aliphatic carbocycles. The predicted molar refractivity (Wildman–Crippen MR) is 69.3 cm³/mol. The van der Waals surface area contributed by atoms with Gasteiger partial charge in [0, 0.05) is 12.6 Å². The summed E-state index contributed by atoms with van der Waals surface area (Å²) in [6.45, 7) is 5.54. The summed E-state index contributed by atoms with van der Waals surface area (Å²) >= 11 is 0. The van der Waals surface area contributed by atoms with Crippen molar-refractivity contribution in [2.24, 2.45) is 5.41 Å². The maximum atomic E-state index is 12.8.